The third-order valence-corrected chi connectivity index (χ3v) is 3.69. The molecule has 0 aliphatic heterocycles. The van der Waals surface area contributed by atoms with E-state index in [1.54, 1.807) is 12.1 Å². The Labute approximate surface area is 164 Å². The molecule has 1 amide bonds. The lowest BCUT2D eigenvalue weighted by Crippen LogP contribution is -2.10. The number of nitrogens with zero attached hydrogens (tertiary/aromatic N) is 1. The van der Waals surface area contributed by atoms with Gasteiger partial charge in [0.1, 0.15) is 17.2 Å². The molecule has 0 bridgehead atoms. The van der Waals surface area contributed by atoms with Crippen molar-refractivity contribution in [1.82, 2.24) is 0 Å². The van der Waals surface area contributed by atoms with E-state index in [1.165, 1.54) is 18.2 Å². The van der Waals surface area contributed by atoms with Crippen LogP contribution in [0.25, 0.3) is 6.08 Å². The summed E-state index contributed by atoms with van der Waals surface area (Å²) in [5, 5.41) is 13.9. The molecule has 28 heavy (non-hydrogen) atoms. The average molecular weight is 384 g/mol. The molecule has 0 saturated carbocycles. The van der Waals surface area contributed by atoms with Crippen molar-refractivity contribution in [2.75, 3.05) is 18.5 Å². The molecule has 7 nitrogen and oxygen atoms in total. The number of hydrogen-bond acceptors (Lipinski definition) is 5. The van der Waals surface area contributed by atoms with Crippen molar-refractivity contribution in [1.29, 1.82) is 0 Å². The number of carbonyl (C=O) groups is 1. The summed E-state index contributed by atoms with van der Waals surface area (Å²) in [6.45, 7) is 5.00. The highest BCUT2D eigenvalue weighted by atomic mass is 16.6. The summed E-state index contributed by atoms with van der Waals surface area (Å²) >= 11 is 0. The second kappa shape index (κ2) is 10.7. The molecule has 0 aromatic heterocycles. The van der Waals surface area contributed by atoms with Crippen LogP contribution in [0.2, 0.25) is 0 Å². The van der Waals surface area contributed by atoms with Crippen molar-refractivity contribution < 1.29 is 19.2 Å². The molecule has 0 unspecified atom stereocenters. The molecular weight excluding hydrogens is 360 g/mol. The third kappa shape index (κ3) is 6.12. The topological polar surface area (TPSA) is 90.7 Å². The van der Waals surface area contributed by atoms with Gasteiger partial charge in [-0.15, -0.1) is 0 Å². The first kappa shape index (κ1) is 21.0. The van der Waals surface area contributed by atoms with E-state index in [0.29, 0.717) is 24.7 Å². The first-order valence-corrected chi connectivity index (χ1v) is 9.17. The Morgan fingerprint density at radius 2 is 1.82 bits per heavy atom. The molecule has 0 aliphatic carbocycles. The second-order valence-electron chi connectivity index (χ2n) is 5.99. The van der Waals surface area contributed by atoms with Crippen LogP contribution in [0.15, 0.2) is 48.5 Å². The van der Waals surface area contributed by atoms with Gasteiger partial charge in [-0.1, -0.05) is 32.0 Å². The summed E-state index contributed by atoms with van der Waals surface area (Å²) in [6.07, 6.45) is 4.60. The zero-order chi connectivity index (χ0) is 20.4. The average Bonchev–Trinajstić information content (AvgIpc) is 2.70. The van der Waals surface area contributed by atoms with Crippen LogP contribution in [-0.2, 0) is 4.79 Å². The van der Waals surface area contributed by atoms with Gasteiger partial charge in [-0.25, -0.2) is 0 Å². The lowest BCUT2D eigenvalue weighted by molar-refractivity contribution is -0.384. The van der Waals surface area contributed by atoms with Crippen LogP contribution in [0.5, 0.6) is 11.5 Å². The SMILES string of the molecule is CCCOc1ccc(NC(=O)/C=C/c2ccccc2OCCC)c([N+](=O)[O-])c1. The lowest BCUT2D eigenvalue weighted by Gasteiger charge is -2.08. The lowest BCUT2D eigenvalue weighted by atomic mass is 10.2. The van der Waals surface area contributed by atoms with Gasteiger partial charge in [0.15, 0.2) is 0 Å². The summed E-state index contributed by atoms with van der Waals surface area (Å²) in [7, 11) is 0. The number of amides is 1. The van der Waals surface area contributed by atoms with Crippen LogP contribution in [0.1, 0.15) is 32.3 Å². The first-order valence-electron chi connectivity index (χ1n) is 9.17. The van der Waals surface area contributed by atoms with E-state index < -0.39 is 10.8 Å². The van der Waals surface area contributed by atoms with Crippen molar-refractivity contribution >= 4 is 23.4 Å². The largest absolute Gasteiger partial charge is 0.493 e. The molecule has 0 radical (unpaired) electrons. The molecule has 2 rings (SSSR count). The smallest absolute Gasteiger partial charge is 0.296 e. The number of nitro groups is 1. The van der Waals surface area contributed by atoms with E-state index in [-0.39, 0.29) is 11.4 Å². The van der Waals surface area contributed by atoms with Crippen molar-refractivity contribution in [3.8, 4) is 11.5 Å². The maximum Gasteiger partial charge on any atom is 0.296 e. The van der Waals surface area contributed by atoms with Gasteiger partial charge in [0, 0.05) is 11.6 Å². The molecule has 1 N–H and O–H groups in total. The minimum Gasteiger partial charge on any atom is -0.493 e. The number of anilines is 1. The number of nitro benzene ring substituents is 1. The molecule has 0 fully saturated rings. The summed E-state index contributed by atoms with van der Waals surface area (Å²) in [5.41, 5.74) is 0.643. The predicted molar refractivity (Wildman–Crippen MR) is 109 cm³/mol. The fraction of sp³-hybridized carbons (Fsp3) is 0.286. The summed E-state index contributed by atoms with van der Waals surface area (Å²) in [5.74, 6) is 0.594. The number of nitrogens with one attached hydrogen (secondary N) is 1. The maximum atomic E-state index is 12.3. The fourth-order valence-corrected chi connectivity index (χ4v) is 2.38. The van der Waals surface area contributed by atoms with Gasteiger partial charge in [-0.05, 0) is 37.1 Å². The predicted octanol–water partition coefficient (Wildman–Crippen LogP) is 4.82. The van der Waals surface area contributed by atoms with Crippen molar-refractivity contribution in [2.45, 2.75) is 26.7 Å². The highest BCUT2D eigenvalue weighted by molar-refractivity contribution is 6.03. The highest BCUT2D eigenvalue weighted by Gasteiger charge is 2.16. The Kier molecular flexibility index (Phi) is 8.02. The first-order chi connectivity index (χ1) is 13.5. The van der Waals surface area contributed by atoms with E-state index in [2.05, 4.69) is 5.32 Å². The molecule has 7 heteroatoms. The van der Waals surface area contributed by atoms with Crippen molar-refractivity contribution in [3.05, 3.63) is 64.2 Å². The van der Waals surface area contributed by atoms with Gasteiger partial charge in [0.05, 0.1) is 24.2 Å². The van der Waals surface area contributed by atoms with Crippen molar-refractivity contribution in [3.63, 3.8) is 0 Å². The Morgan fingerprint density at radius 3 is 2.54 bits per heavy atom. The molecule has 0 saturated heterocycles. The van der Waals surface area contributed by atoms with Crippen LogP contribution >= 0.6 is 0 Å². The quantitative estimate of drug-likeness (QED) is 0.360. The van der Waals surface area contributed by atoms with Gasteiger partial charge in [0.2, 0.25) is 5.91 Å². The number of ether oxygens (including phenoxy) is 2. The van der Waals surface area contributed by atoms with E-state index in [4.69, 9.17) is 9.47 Å². The van der Waals surface area contributed by atoms with E-state index >= 15 is 0 Å². The van der Waals surface area contributed by atoms with Gasteiger partial charge >= 0.3 is 0 Å². The van der Waals surface area contributed by atoms with Crippen LogP contribution in [0.4, 0.5) is 11.4 Å². The van der Waals surface area contributed by atoms with E-state index in [0.717, 1.165) is 18.4 Å². The van der Waals surface area contributed by atoms with Crippen molar-refractivity contribution in [2.24, 2.45) is 0 Å². The number of rotatable bonds is 10. The molecule has 2 aromatic carbocycles. The molecule has 0 atom stereocenters. The fourth-order valence-electron chi connectivity index (χ4n) is 2.38. The summed E-state index contributed by atoms with van der Waals surface area (Å²) in [6, 6.07) is 11.7. The third-order valence-electron chi connectivity index (χ3n) is 3.69. The summed E-state index contributed by atoms with van der Waals surface area (Å²) < 4.78 is 11.1. The van der Waals surface area contributed by atoms with Crippen LogP contribution < -0.4 is 14.8 Å². The molecule has 0 aliphatic rings. The molecular formula is C21H24N2O5. The molecule has 0 spiro atoms. The molecule has 148 valence electrons. The van der Waals surface area contributed by atoms with Gasteiger partial charge in [-0.3, -0.25) is 14.9 Å². The maximum absolute atomic E-state index is 12.3. The standard InChI is InChI=1S/C21H24N2O5/c1-3-13-27-17-10-11-18(19(15-17)23(25)26)22-21(24)12-9-16-7-5-6-8-20(16)28-14-4-2/h5-12,15H,3-4,13-14H2,1-2H3,(H,22,24)/b12-9+. The zero-order valence-electron chi connectivity index (χ0n) is 16.0. The summed E-state index contributed by atoms with van der Waals surface area (Å²) in [4.78, 5) is 23.0. The number of carbonyl (C=O) groups excluding carboxylic acids is 1. The Hall–Kier alpha value is -3.35. The zero-order valence-corrected chi connectivity index (χ0v) is 16.0. The Bertz CT molecular complexity index is 848. The van der Waals surface area contributed by atoms with Gasteiger partial charge in [0.25, 0.3) is 5.69 Å². The van der Waals surface area contributed by atoms with Gasteiger partial charge < -0.3 is 14.8 Å². The Balaban J connectivity index is 2.12. The van der Waals surface area contributed by atoms with Crippen LogP contribution in [0, 0.1) is 10.1 Å². The minimum atomic E-state index is -0.550. The highest BCUT2D eigenvalue weighted by Crippen LogP contribution is 2.29. The van der Waals surface area contributed by atoms with Crippen LogP contribution in [0.3, 0.4) is 0 Å². The second-order valence-corrected chi connectivity index (χ2v) is 5.99. The molecule has 0 heterocycles. The van der Waals surface area contributed by atoms with Gasteiger partial charge in [-0.2, -0.15) is 0 Å². The Morgan fingerprint density at radius 1 is 1.11 bits per heavy atom. The van der Waals surface area contributed by atoms with E-state index in [9.17, 15) is 14.9 Å². The minimum absolute atomic E-state index is 0.110. The number of benzene rings is 2. The number of hydrogen-bond donors (Lipinski definition) is 1. The van der Waals surface area contributed by atoms with Crippen LogP contribution in [-0.4, -0.2) is 24.0 Å². The monoisotopic (exact) mass is 384 g/mol. The normalized spacial score (nSPS) is 10.6. The number of para-hydroxylation sites is 1. The molecule has 2 aromatic rings. The van der Waals surface area contributed by atoms with E-state index in [1.807, 2.05) is 38.1 Å².